The van der Waals surface area contributed by atoms with Crippen molar-refractivity contribution in [2.24, 2.45) is 5.92 Å². The Balaban J connectivity index is 1.50. The van der Waals surface area contributed by atoms with E-state index in [2.05, 4.69) is 30.4 Å². The average Bonchev–Trinajstić information content (AvgIpc) is 3.15. The summed E-state index contributed by atoms with van der Waals surface area (Å²) in [6.45, 7) is 2.12. The van der Waals surface area contributed by atoms with E-state index in [9.17, 15) is 4.79 Å². The second kappa shape index (κ2) is 5.58. The molecule has 0 aromatic heterocycles. The molecule has 102 valence electrons. The van der Waals surface area contributed by atoms with Crippen molar-refractivity contribution in [3.63, 3.8) is 0 Å². The molecule has 0 bridgehead atoms. The summed E-state index contributed by atoms with van der Waals surface area (Å²) in [5.41, 5.74) is 2.98. The van der Waals surface area contributed by atoms with Crippen LogP contribution in [0.5, 0.6) is 0 Å². The van der Waals surface area contributed by atoms with Gasteiger partial charge in [-0.3, -0.25) is 4.79 Å². The van der Waals surface area contributed by atoms with Gasteiger partial charge >= 0.3 is 0 Å². The van der Waals surface area contributed by atoms with Crippen LogP contribution in [0.4, 0.5) is 0 Å². The first-order valence-corrected chi connectivity index (χ1v) is 8.25. The van der Waals surface area contributed by atoms with Crippen LogP contribution in [0.2, 0.25) is 0 Å². The Bertz CT molecular complexity index is 482. The normalized spacial score (nSPS) is 19.0. The van der Waals surface area contributed by atoms with Crippen LogP contribution in [0.1, 0.15) is 37.3 Å². The lowest BCUT2D eigenvalue weighted by Gasteiger charge is -2.12. The molecular weight excluding hydrogens is 254 g/mol. The molecule has 0 saturated heterocycles. The highest BCUT2D eigenvalue weighted by Crippen LogP contribution is 2.32. The van der Waals surface area contributed by atoms with Crippen LogP contribution in [0.15, 0.2) is 23.1 Å². The van der Waals surface area contributed by atoms with Gasteiger partial charge in [-0.05, 0) is 68.2 Å². The molecule has 1 fully saturated rings. The summed E-state index contributed by atoms with van der Waals surface area (Å²) >= 11 is 1.66. The van der Waals surface area contributed by atoms with E-state index in [0.29, 0.717) is 11.8 Å². The molecule has 2 aliphatic carbocycles. The number of carbonyl (C=O) groups excluding carboxylic acids is 1. The fourth-order valence-corrected chi connectivity index (χ4v) is 3.57. The summed E-state index contributed by atoms with van der Waals surface area (Å²) in [5, 5.41) is 3.10. The van der Waals surface area contributed by atoms with Gasteiger partial charge in [0.15, 0.2) is 0 Å². The topological polar surface area (TPSA) is 29.1 Å². The molecule has 0 spiro atoms. The van der Waals surface area contributed by atoms with Gasteiger partial charge in [-0.25, -0.2) is 0 Å². The van der Waals surface area contributed by atoms with Gasteiger partial charge in [-0.2, -0.15) is 0 Å². The highest BCUT2D eigenvalue weighted by Gasteiger charge is 2.28. The molecule has 3 rings (SSSR count). The summed E-state index contributed by atoms with van der Waals surface area (Å²) in [4.78, 5) is 13.1. The van der Waals surface area contributed by atoms with Crippen molar-refractivity contribution in [2.45, 2.75) is 50.0 Å². The maximum atomic E-state index is 11.9. The molecule has 1 atom stereocenters. The molecule has 2 nitrogen and oxygen atoms in total. The van der Waals surface area contributed by atoms with Crippen molar-refractivity contribution >= 4 is 17.7 Å². The van der Waals surface area contributed by atoms with Crippen LogP contribution >= 0.6 is 11.8 Å². The Labute approximate surface area is 119 Å². The highest BCUT2D eigenvalue weighted by molar-refractivity contribution is 8.00. The molecule has 0 unspecified atom stereocenters. The predicted octanol–water partition coefficient (Wildman–Crippen LogP) is 3.18. The zero-order valence-electron chi connectivity index (χ0n) is 11.4. The summed E-state index contributed by atoms with van der Waals surface area (Å²) < 4.78 is 0. The fourth-order valence-electron chi connectivity index (χ4n) is 2.80. The number of rotatable bonds is 5. The molecule has 0 heterocycles. The van der Waals surface area contributed by atoms with Gasteiger partial charge in [0.05, 0.1) is 5.75 Å². The monoisotopic (exact) mass is 275 g/mol. The molecule has 1 aromatic carbocycles. The second-order valence-electron chi connectivity index (χ2n) is 5.77. The third kappa shape index (κ3) is 3.33. The van der Waals surface area contributed by atoms with Gasteiger partial charge in [-0.1, -0.05) is 6.07 Å². The fraction of sp³-hybridized carbons (Fsp3) is 0.562. The Morgan fingerprint density at radius 3 is 2.95 bits per heavy atom. The zero-order valence-corrected chi connectivity index (χ0v) is 12.3. The molecule has 1 amide bonds. The van der Waals surface area contributed by atoms with Gasteiger partial charge in [-0.15, -0.1) is 11.8 Å². The molecule has 19 heavy (non-hydrogen) atoms. The summed E-state index contributed by atoms with van der Waals surface area (Å²) in [5.74, 6) is 1.44. The van der Waals surface area contributed by atoms with Gasteiger partial charge < -0.3 is 5.32 Å². The summed E-state index contributed by atoms with van der Waals surface area (Å²) in [6, 6.07) is 7.01. The Kier molecular flexibility index (Phi) is 3.83. The van der Waals surface area contributed by atoms with E-state index in [-0.39, 0.29) is 5.91 Å². The van der Waals surface area contributed by atoms with Gasteiger partial charge in [0, 0.05) is 10.9 Å². The molecule has 1 aromatic rings. The van der Waals surface area contributed by atoms with Crippen LogP contribution < -0.4 is 5.32 Å². The first kappa shape index (κ1) is 13.0. The molecular formula is C16H21NOS. The van der Waals surface area contributed by atoms with Crippen LogP contribution in [0, 0.1) is 5.92 Å². The van der Waals surface area contributed by atoms with Crippen molar-refractivity contribution in [1.29, 1.82) is 0 Å². The molecule has 2 aliphatic rings. The average molecular weight is 275 g/mol. The largest absolute Gasteiger partial charge is 0.353 e. The van der Waals surface area contributed by atoms with E-state index in [1.165, 1.54) is 48.1 Å². The number of benzene rings is 1. The molecule has 1 saturated carbocycles. The number of hydrogen-bond acceptors (Lipinski definition) is 2. The van der Waals surface area contributed by atoms with E-state index in [0.717, 1.165) is 5.92 Å². The van der Waals surface area contributed by atoms with Crippen LogP contribution in [0.25, 0.3) is 0 Å². The minimum atomic E-state index is 0.171. The Hall–Kier alpha value is -0.960. The minimum absolute atomic E-state index is 0.171. The molecule has 3 heteroatoms. The van der Waals surface area contributed by atoms with E-state index in [1.54, 1.807) is 11.8 Å². The lowest BCUT2D eigenvalue weighted by molar-refractivity contribution is -0.119. The molecule has 0 aliphatic heterocycles. The van der Waals surface area contributed by atoms with Crippen LogP contribution in [0.3, 0.4) is 0 Å². The van der Waals surface area contributed by atoms with Crippen LogP contribution in [-0.4, -0.2) is 17.7 Å². The van der Waals surface area contributed by atoms with Crippen molar-refractivity contribution in [3.8, 4) is 0 Å². The standard InChI is InChI=1S/C16H21NOS/c1-11(12-5-6-12)17-16(18)10-19-15-8-7-13-3-2-4-14(13)9-15/h7-9,11-12H,2-6,10H2,1H3,(H,17,18)/t11-/m0/s1. The van der Waals surface area contributed by atoms with Gasteiger partial charge in [0.2, 0.25) is 5.91 Å². The van der Waals surface area contributed by atoms with E-state index < -0.39 is 0 Å². The molecule has 1 N–H and O–H groups in total. The van der Waals surface area contributed by atoms with Gasteiger partial charge in [0.1, 0.15) is 0 Å². The third-order valence-corrected chi connectivity index (χ3v) is 5.15. The summed E-state index contributed by atoms with van der Waals surface area (Å²) in [7, 11) is 0. The van der Waals surface area contributed by atoms with E-state index in [1.807, 2.05) is 0 Å². The van der Waals surface area contributed by atoms with Crippen molar-refractivity contribution < 1.29 is 4.79 Å². The van der Waals surface area contributed by atoms with Crippen molar-refractivity contribution in [2.75, 3.05) is 5.75 Å². The zero-order chi connectivity index (χ0) is 13.2. The smallest absolute Gasteiger partial charge is 0.230 e. The number of thioether (sulfide) groups is 1. The van der Waals surface area contributed by atoms with Crippen molar-refractivity contribution in [1.82, 2.24) is 5.32 Å². The lowest BCUT2D eigenvalue weighted by atomic mass is 10.1. The van der Waals surface area contributed by atoms with Gasteiger partial charge in [0.25, 0.3) is 0 Å². The van der Waals surface area contributed by atoms with E-state index in [4.69, 9.17) is 0 Å². The third-order valence-electron chi connectivity index (χ3n) is 4.16. The lowest BCUT2D eigenvalue weighted by Crippen LogP contribution is -2.35. The Morgan fingerprint density at radius 1 is 1.37 bits per heavy atom. The minimum Gasteiger partial charge on any atom is -0.353 e. The number of nitrogens with one attached hydrogen (secondary N) is 1. The first-order valence-electron chi connectivity index (χ1n) is 7.26. The number of aryl methyl sites for hydroxylation is 2. The van der Waals surface area contributed by atoms with Crippen LogP contribution in [-0.2, 0) is 17.6 Å². The second-order valence-corrected chi connectivity index (χ2v) is 6.82. The summed E-state index contributed by atoms with van der Waals surface area (Å²) in [6.07, 6.45) is 6.26. The maximum absolute atomic E-state index is 11.9. The maximum Gasteiger partial charge on any atom is 0.230 e. The number of carbonyl (C=O) groups is 1. The first-order chi connectivity index (χ1) is 9.22. The Morgan fingerprint density at radius 2 is 2.16 bits per heavy atom. The predicted molar refractivity (Wildman–Crippen MR) is 79.5 cm³/mol. The number of fused-ring (bicyclic) bond motifs is 1. The quantitative estimate of drug-likeness (QED) is 0.836. The van der Waals surface area contributed by atoms with Crippen molar-refractivity contribution in [3.05, 3.63) is 29.3 Å². The number of amides is 1. The van der Waals surface area contributed by atoms with E-state index >= 15 is 0 Å². The molecule has 0 radical (unpaired) electrons. The highest BCUT2D eigenvalue weighted by atomic mass is 32.2. The SMILES string of the molecule is C[C@H](NC(=O)CSc1ccc2c(c1)CCC2)C1CC1. The number of hydrogen-bond donors (Lipinski definition) is 1.